The van der Waals surface area contributed by atoms with Crippen LogP contribution in [0.15, 0.2) is 12.1 Å². The van der Waals surface area contributed by atoms with Crippen LogP contribution in [0, 0.1) is 0 Å². The van der Waals surface area contributed by atoms with Gasteiger partial charge >= 0.3 is 0 Å². The summed E-state index contributed by atoms with van der Waals surface area (Å²) >= 11 is 7.82. The quantitative estimate of drug-likeness (QED) is 0.727. The van der Waals surface area contributed by atoms with Gasteiger partial charge in [-0.05, 0) is 32.2 Å². The normalized spacial score (nSPS) is 11.3. The molecule has 0 aromatic heterocycles. The van der Waals surface area contributed by atoms with Gasteiger partial charge in [-0.2, -0.15) is 11.8 Å². The maximum Gasteiger partial charge on any atom is 0.250 e. The molecule has 0 spiro atoms. The summed E-state index contributed by atoms with van der Waals surface area (Å²) in [6.07, 6.45) is 2.03. The first-order chi connectivity index (χ1) is 8.26. The SMILES string of the molecule is CSC(C)(C)CNc1c(Cl)cc(N)cc1C(N)=O. The molecule has 0 aliphatic rings. The Kier molecular flexibility index (Phi) is 4.76. The number of thioether (sulfide) groups is 1. The molecule has 4 nitrogen and oxygen atoms in total. The lowest BCUT2D eigenvalue weighted by Gasteiger charge is -2.24. The molecule has 0 aliphatic heterocycles. The predicted octanol–water partition coefficient (Wildman–Crippen LogP) is 2.57. The number of benzene rings is 1. The van der Waals surface area contributed by atoms with Crippen molar-refractivity contribution < 1.29 is 4.79 Å². The predicted molar refractivity (Wildman–Crippen MR) is 80.5 cm³/mol. The fraction of sp³-hybridized carbons (Fsp3) is 0.417. The lowest BCUT2D eigenvalue weighted by atomic mass is 10.1. The number of halogens is 1. The van der Waals surface area contributed by atoms with E-state index in [0.29, 0.717) is 28.5 Å². The number of amides is 1. The molecule has 0 saturated carbocycles. The summed E-state index contributed by atoms with van der Waals surface area (Å²) < 4.78 is 0.0274. The summed E-state index contributed by atoms with van der Waals surface area (Å²) in [5.74, 6) is -0.548. The Balaban J connectivity index is 3.04. The minimum absolute atomic E-state index is 0.0274. The van der Waals surface area contributed by atoms with Gasteiger partial charge in [-0.3, -0.25) is 4.79 Å². The highest BCUT2D eigenvalue weighted by atomic mass is 35.5. The van der Waals surface area contributed by atoms with Crippen LogP contribution in [0.3, 0.4) is 0 Å². The Morgan fingerprint density at radius 2 is 2.11 bits per heavy atom. The van der Waals surface area contributed by atoms with Gasteiger partial charge in [-0.1, -0.05) is 11.6 Å². The number of anilines is 2. The molecule has 0 atom stereocenters. The number of nitrogens with two attached hydrogens (primary N) is 2. The number of hydrogen-bond acceptors (Lipinski definition) is 4. The molecule has 0 fully saturated rings. The van der Waals surface area contributed by atoms with E-state index in [-0.39, 0.29) is 4.75 Å². The Bertz CT molecular complexity index is 463. The minimum Gasteiger partial charge on any atom is -0.399 e. The van der Waals surface area contributed by atoms with E-state index >= 15 is 0 Å². The van der Waals surface area contributed by atoms with Crippen LogP contribution in [0.25, 0.3) is 0 Å². The summed E-state index contributed by atoms with van der Waals surface area (Å²) in [5, 5.41) is 3.58. The van der Waals surface area contributed by atoms with Crippen LogP contribution in [0.2, 0.25) is 5.02 Å². The van der Waals surface area contributed by atoms with Crippen LogP contribution in [0.4, 0.5) is 11.4 Å². The molecule has 1 aromatic carbocycles. The zero-order chi connectivity index (χ0) is 13.9. The molecule has 1 rings (SSSR count). The first-order valence-electron chi connectivity index (χ1n) is 5.44. The van der Waals surface area contributed by atoms with Gasteiger partial charge in [-0.25, -0.2) is 0 Å². The molecular formula is C12H18ClN3OS. The molecule has 0 aliphatic carbocycles. The average Bonchev–Trinajstić information content (AvgIpc) is 2.26. The maximum atomic E-state index is 11.4. The summed E-state index contributed by atoms with van der Waals surface area (Å²) in [5.41, 5.74) is 12.3. The highest BCUT2D eigenvalue weighted by Crippen LogP contribution is 2.30. The van der Waals surface area contributed by atoms with Crippen LogP contribution in [0.1, 0.15) is 24.2 Å². The molecule has 18 heavy (non-hydrogen) atoms. The zero-order valence-corrected chi connectivity index (χ0v) is 12.3. The second-order valence-corrected chi connectivity index (χ2v) is 6.53. The zero-order valence-electron chi connectivity index (χ0n) is 10.7. The van der Waals surface area contributed by atoms with E-state index in [1.807, 2.05) is 6.26 Å². The largest absolute Gasteiger partial charge is 0.399 e. The molecular weight excluding hydrogens is 270 g/mol. The van der Waals surface area contributed by atoms with Gasteiger partial charge in [0, 0.05) is 17.0 Å². The number of primary amides is 1. The fourth-order valence-corrected chi connectivity index (χ4v) is 1.89. The summed E-state index contributed by atoms with van der Waals surface area (Å²) in [6, 6.07) is 3.13. The van der Waals surface area contributed by atoms with E-state index in [1.165, 1.54) is 6.07 Å². The third-order valence-electron chi connectivity index (χ3n) is 2.62. The topological polar surface area (TPSA) is 81.1 Å². The monoisotopic (exact) mass is 287 g/mol. The van der Waals surface area contributed by atoms with Crippen LogP contribution in [-0.2, 0) is 0 Å². The van der Waals surface area contributed by atoms with Crippen LogP contribution in [-0.4, -0.2) is 23.5 Å². The van der Waals surface area contributed by atoms with E-state index < -0.39 is 5.91 Å². The molecule has 0 unspecified atom stereocenters. The van der Waals surface area contributed by atoms with Crippen molar-refractivity contribution in [2.24, 2.45) is 5.73 Å². The molecule has 0 bridgehead atoms. The smallest absolute Gasteiger partial charge is 0.250 e. The van der Waals surface area contributed by atoms with E-state index in [0.717, 1.165) is 0 Å². The molecule has 1 aromatic rings. The molecule has 1 amide bonds. The molecule has 0 radical (unpaired) electrons. The third kappa shape index (κ3) is 3.71. The Labute approximate surface area is 116 Å². The van der Waals surface area contributed by atoms with E-state index in [1.54, 1.807) is 17.8 Å². The van der Waals surface area contributed by atoms with Gasteiger partial charge in [-0.15, -0.1) is 0 Å². The van der Waals surface area contributed by atoms with Crippen molar-refractivity contribution in [2.45, 2.75) is 18.6 Å². The lowest BCUT2D eigenvalue weighted by Crippen LogP contribution is -2.27. The number of hydrogen-bond donors (Lipinski definition) is 3. The minimum atomic E-state index is -0.548. The molecule has 6 heteroatoms. The van der Waals surface area contributed by atoms with Gasteiger partial charge in [0.05, 0.1) is 16.3 Å². The van der Waals surface area contributed by atoms with Gasteiger partial charge in [0.2, 0.25) is 0 Å². The highest BCUT2D eigenvalue weighted by molar-refractivity contribution is 7.99. The standard InChI is InChI=1S/C12H18ClN3OS/c1-12(2,18-3)6-16-10-8(11(15)17)4-7(14)5-9(10)13/h4-5,16H,6,14H2,1-3H3,(H2,15,17). The highest BCUT2D eigenvalue weighted by Gasteiger charge is 2.19. The number of carbonyl (C=O) groups is 1. The maximum absolute atomic E-state index is 11.4. The second-order valence-electron chi connectivity index (χ2n) is 4.61. The second kappa shape index (κ2) is 5.71. The Hall–Kier alpha value is -1.07. The van der Waals surface area contributed by atoms with E-state index in [4.69, 9.17) is 23.1 Å². The average molecular weight is 288 g/mol. The van der Waals surface area contributed by atoms with Crippen LogP contribution in [0.5, 0.6) is 0 Å². The molecule has 100 valence electrons. The summed E-state index contributed by atoms with van der Waals surface area (Å²) in [7, 11) is 0. The van der Waals surface area contributed by atoms with Crippen molar-refractivity contribution in [2.75, 3.05) is 23.9 Å². The van der Waals surface area contributed by atoms with Gasteiger partial charge in [0.25, 0.3) is 5.91 Å². The van der Waals surface area contributed by atoms with Gasteiger partial charge in [0.15, 0.2) is 0 Å². The van der Waals surface area contributed by atoms with Crippen LogP contribution >= 0.6 is 23.4 Å². The first-order valence-corrected chi connectivity index (χ1v) is 7.05. The van der Waals surface area contributed by atoms with Crippen molar-refractivity contribution in [3.63, 3.8) is 0 Å². The first kappa shape index (κ1) is 15.0. The number of nitrogen functional groups attached to an aromatic ring is 1. The van der Waals surface area contributed by atoms with Gasteiger partial charge < -0.3 is 16.8 Å². The van der Waals surface area contributed by atoms with Gasteiger partial charge in [0.1, 0.15) is 0 Å². The lowest BCUT2D eigenvalue weighted by molar-refractivity contribution is 0.100. The van der Waals surface area contributed by atoms with Crippen molar-refractivity contribution in [1.82, 2.24) is 0 Å². The van der Waals surface area contributed by atoms with Crippen LogP contribution < -0.4 is 16.8 Å². The summed E-state index contributed by atoms with van der Waals surface area (Å²) in [6.45, 7) is 4.86. The van der Waals surface area contributed by atoms with Crippen molar-refractivity contribution in [3.8, 4) is 0 Å². The van der Waals surface area contributed by atoms with E-state index in [9.17, 15) is 4.79 Å². The van der Waals surface area contributed by atoms with Crippen molar-refractivity contribution >= 4 is 40.6 Å². The molecule has 0 saturated heterocycles. The van der Waals surface area contributed by atoms with E-state index in [2.05, 4.69) is 19.2 Å². The number of nitrogens with one attached hydrogen (secondary N) is 1. The summed E-state index contributed by atoms with van der Waals surface area (Å²) in [4.78, 5) is 11.4. The number of rotatable bonds is 5. The van der Waals surface area contributed by atoms with Crippen molar-refractivity contribution in [3.05, 3.63) is 22.7 Å². The molecule has 0 heterocycles. The van der Waals surface area contributed by atoms with Crippen molar-refractivity contribution in [1.29, 1.82) is 0 Å². The third-order valence-corrected chi connectivity index (χ3v) is 4.17. The fourth-order valence-electron chi connectivity index (χ4n) is 1.38. The Morgan fingerprint density at radius 1 is 1.50 bits per heavy atom. The number of carbonyl (C=O) groups excluding carboxylic acids is 1. The molecule has 5 N–H and O–H groups in total. The Morgan fingerprint density at radius 3 is 2.61 bits per heavy atom.